The standard InChI is InChI=1S/C22H27ClN4O2/c1-15-5-7-17(26-25-15)14-27-11-9-22(10-12-27)19-13-16(23)6-8-18(19)20(29-22)3-2-4-21(24)28/h5-8,13,20H,2-4,9-12,14H2,1H3,(H2,24,28). The molecular weight excluding hydrogens is 388 g/mol. The number of halogens is 1. The summed E-state index contributed by atoms with van der Waals surface area (Å²) in [4.78, 5) is 13.5. The molecule has 2 N–H and O–H groups in total. The Morgan fingerprint density at radius 3 is 2.76 bits per heavy atom. The van der Waals surface area contributed by atoms with E-state index in [4.69, 9.17) is 22.1 Å². The molecular formula is C22H27ClN4O2. The Morgan fingerprint density at radius 2 is 2.07 bits per heavy atom. The van der Waals surface area contributed by atoms with E-state index < -0.39 is 0 Å². The highest BCUT2D eigenvalue weighted by molar-refractivity contribution is 6.30. The van der Waals surface area contributed by atoms with E-state index >= 15 is 0 Å². The number of hydrogen-bond donors (Lipinski definition) is 1. The molecule has 1 saturated heterocycles. The zero-order chi connectivity index (χ0) is 20.4. The molecule has 0 aliphatic carbocycles. The maximum atomic E-state index is 11.1. The smallest absolute Gasteiger partial charge is 0.217 e. The van der Waals surface area contributed by atoms with E-state index in [1.54, 1.807) is 0 Å². The van der Waals surface area contributed by atoms with Crippen molar-refractivity contribution in [3.63, 3.8) is 0 Å². The van der Waals surface area contributed by atoms with Gasteiger partial charge in [0, 0.05) is 31.1 Å². The molecule has 1 unspecified atom stereocenters. The lowest BCUT2D eigenvalue weighted by molar-refractivity contribution is -0.120. The normalized spacial score (nSPS) is 20.7. The molecule has 1 fully saturated rings. The molecule has 1 aromatic carbocycles. The van der Waals surface area contributed by atoms with Crippen LogP contribution in [0.25, 0.3) is 0 Å². The second-order valence-electron chi connectivity index (χ2n) is 8.13. The Bertz CT molecular complexity index is 879. The van der Waals surface area contributed by atoms with Crippen molar-refractivity contribution >= 4 is 17.5 Å². The minimum atomic E-state index is -0.299. The summed E-state index contributed by atoms with van der Waals surface area (Å²) in [6.07, 6.45) is 3.73. The van der Waals surface area contributed by atoms with E-state index in [0.717, 1.165) is 61.7 Å². The van der Waals surface area contributed by atoms with Gasteiger partial charge in [-0.1, -0.05) is 17.7 Å². The number of nitrogens with zero attached hydrogens (tertiary/aromatic N) is 3. The van der Waals surface area contributed by atoms with Crippen molar-refractivity contribution in [1.82, 2.24) is 15.1 Å². The van der Waals surface area contributed by atoms with Crippen LogP contribution in [0.2, 0.25) is 5.02 Å². The maximum Gasteiger partial charge on any atom is 0.217 e. The average Bonchev–Trinajstić information content (AvgIpc) is 2.98. The Balaban J connectivity index is 1.46. The number of likely N-dealkylation sites (tertiary alicyclic amines) is 1. The number of benzene rings is 1. The third-order valence-electron chi connectivity index (χ3n) is 6.01. The molecule has 1 amide bonds. The fourth-order valence-corrected chi connectivity index (χ4v) is 4.65. The van der Waals surface area contributed by atoms with Crippen molar-refractivity contribution in [2.45, 2.75) is 57.3 Å². The molecule has 0 bridgehead atoms. The number of ether oxygens (including phenoxy) is 1. The van der Waals surface area contributed by atoms with E-state index in [9.17, 15) is 4.79 Å². The minimum Gasteiger partial charge on any atom is -0.370 e. The highest BCUT2D eigenvalue weighted by Crippen LogP contribution is 2.51. The van der Waals surface area contributed by atoms with Crippen LogP contribution in [0.5, 0.6) is 0 Å². The Kier molecular flexibility index (Phi) is 5.86. The van der Waals surface area contributed by atoms with E-state index in [0.29, 0.717) is 6.42 Å². The summed E-state index contributed by atoms with van der Waals surface area (Å²) < 4.78 is 6.65. The van der Waals surface area contributed by atoms with Gasteiger partial charge in [-0.05, 0) is 68.0 Å². The van der Waals surface area contributed by atoms with E-state index in [1.165, 1.54) is 11.1 Å². The highest BCUT2D eigenvalue weighted by Gasteiger charge is 2.46. The van der Waals surface area contributed by atoms with Crippen LogP contribution in [-0.4, -0.2) is 34.1 Å². The molecule has 29 heavy (non-hydrogen) atoms. The summed E-state index contributed by atoms with van der Waals surface area (Å²) in [5, 5.41) is 9.19. The van der Waals surface area contributed by atoms with Crippen molar-refractivity contribution in [3.8, 4) is 0 Å². The predicted octanol–water partition coefficient (Wildman–Crippen LogP) is 3.66. The molecule has 0 radical (unpaired) electrons. The number of aryl methyl sites for hydroxylation is 1. The highest BCUT2D eigenvalue weighted by atomic mass is 35.5. The van der Waals surface area contributed by atoms with Gasteiger partial charge in [0.1, 0.15) is 0 Å². The maximum absolute atomic E-state index is 11.1. The lowest BCUT2D eigenvalue weighted by Gasteiger charge is -2.39. The van der Waals surface area contributed by atoms with Gasteiger partial charge < -0.3 is 10.5 Å². The van der Waals surface area contributed by atoms with Crippen LogP contribution in [0, 0.1) is 6.92 Å². The zero-order valence-electron chi connectivity index (χ0n) is 16.7. The second kappa shape index (κ2) is 8.38. The molecule has 4 rings (SSSR count). The summed E-state index contributed by atoms with van der Waals surface area (Å²) in [5.74, 6) is -0.262. The largest absolute Gasteiger partial charge is 0.370 e. The van der Waals surface area contributed by atoms with Crippen LogP contribution in [0.4, 0.5) is 0 Å². The van der Waals surface area contributed by atoms with E-state index in [1.807, 2.05) is 25.1 Å². The van der Waals surface area contributed by atoms with Crippen molar-refractivity contribution in [2.24, 2.45) is 5.73 Å². The fraction of sp³-hybridized carbons (Fsp3) is 0.500. The van der Waals surface area contributed by atoms with Crippen LogP contribution in [0.1, 0.15) is 60.7 Å². The Labute approximate surface area is 176 Å². The van der Waals surface area contributed by atoms with Gasteiger partial charge in [0.05, 0.1) is 23.1 Å². The van der Waals surface area contributed by atoms with Crippen LogP contribution in [0.3, 0.4) is 0 Å². The summed E-state index contributed by atoms with van der Waals surface area (Å²) in [6, 6.07) is 10.1. The van der Waals surface area contributed by atoms with Gasteiger partial charge in [-0.2, -0.15) is 10.2 Å². The van der Waals surface area contributed by atoms with Crippen LogP contribution >= 0.6 is 11.6 Å². The third-order valence-corrected chi connectivity index (χ3v) is 6.25. The first-order valence-corrected chi connectivity index (χ1v) is 10.6. The zero-order valence-corrected chi connectivity index (χ0v) is 17.5. The number of fused-ring (bicyclic) bond motifs is 2. The lowest BCUT2D eigenvalue weighted by atomic mass is 9.83. The lowest BCUT2D eigenvalue weighted by Crippen LogP contribution is -2.42. The number of aromatic nitrogens is 2. The summed E-state index contributed by atoms with van der Waals surface area (Å²) in [7, 11) is 0. The summed E-state index contributed by atoms with van der Waals surface area (Å²) >= 11 is 6.33. The molecule has 154 valence electrons. The van der Waals surface area contributed by atoms with Gasteiger partial charge in [0.2, 0.25) is 5.91 Å². The van der Waals surface area contributed by atoms with E-state index in [2.05, 4.69) is 27.2 Å². The molecule has 6 nitrogen and oxygen atoms in total. The minimum absolute atomic E-state index is 0.00358. The monoisotopic (exact) mass is 414 g/mol. The second-order valence-corrected chi connectivity index (χ2v) is 8.57. The molecule has 2 aliphatic heterocycles. The van der Waals surface area contributed by atoms with Gasteiger partial charge in [-0.3, -0.25) is 9.69 Å². The molecule has 0 saturated carbocycles. The third kappa shape index (κ3) is 4.44. The quantitative estimate of drug-likeness (QED) is 0.780. The predicted molar refractivity (Wildman–Crippen MR) is 111 cm³/mol. The molecule has 2 aliphatic rings. The van der Waals surface area contributed by atoms with Gasteiger partial charge in [-0.25, -0.2) is 0 Å². The van der Waals surface area contributed by atoms with Crippen molar-refractivity contribution < 1.29 is 9.53 Å². The summed E-state index contributed by atoms with van der Waals surface area (Å²) in [5.41, 5.74) is 9.35. The number of primary amides is 1. The van der Waals surface area contributed by atoms with Crippen LogP contribution in [0.15, 0.2) is 30.3 Å². The molecule has 7 heteroatoms. The molecule has 2 aromatic rings. The van der Waals surface area contributed by atoms with Crippen molar-refractivity contribution in [1.29, 1.82) is 0 Å². The molecule has 1 aromatic heterocycles. The number of amides is 1. The first kappa shape index (κ1) is 20.3. The van der Waals surface area contributed by atoms with Crippen molar-refractivity contribution in [2.75, 3.05) is 13.1 Å². The average molecular weight is 415 g/mol. The van der Waals surface area contributed by atoms with Crippen molar-refractivity contribution in [3.05, 3.63) is 57.9 Å². The molecule has 1 atom stereocenters. The number of rotatable bonds is 6. The van der Waals surface area contributed by atoms with Crippen LogP contribution in [-0.2, 0) is 21.7 Å². The van der Waals surface area contributed by atoms with Gasteiger partial charge in [0.15, 0.2) is 0 Å². The SMILES string of the molecule is Cc1ccc(CN2CCC3(CC2)OC(CCCC(N)=O)c2ccc(Cl)cc23)nn1. The molecule has 1 spiro atoms. The topological polar surface area (TPSA) is 81.3 Å². The van der Waals surface area contributed by atoms with Gasteiger partial charge in [0.25, 0.3) is 0 Å². The van der Waals surface area contributed by atoms with E-state index in [-0.39, 0.29) is 17.6 Å². The molecule has 3 heterocycles. The first-order valence-electron chi connectivity index (χ1n) is 10.2. The number of carbonyl (C=O) groups excluding carboxylic acids is 1. The van der Waals surface area contributed by atoms with Gasteiger partial charge in [-0.15, -0.1) is 0 Å². The number of piperidine rings is 1. The Hall–Kier alpha value is -2.02. The first-order chi connectivity index (χ1) is 13.9. The fourth-order valence-electron chi connectivity index (χ4n) is 4.48. The van der Waals surface area contributed by atoms with Gasteiger partial charge >= 0.3 is 0 Å². The summed E-state index contributed by atoms with van der Waals surface area (Å²) in [6.45, 7) is 4.60. The number of carbonyl (C=O) groups is 1. The number of hydrogen-bond acceptors (Lipinski definition) is 5. The van der Waals surface area contributed by atoms with Crippen LogP contribution < -0.4 is 5.73 Å². The Morgan fingerprint density at radius 1 is 1.28 bits per heavy atom. The number of nitrogens with two attached hydrogens (primary N) is 1.